The van der Waals surface area contributed by atoms with E-state index < -0.39 is 10.8 Å². The maximum absolute atomic E-state index is 11.5. The van der Waals surface area contributed by atoms with Gasteiger partial charge >= 0.3 is 0 Å². The molecule has 1 aliphatic rings. The van der Waals surface area contributed by atoms with Crippen molar-refractivity contribution in [2.75, 3.05) is 36.5 Å². The summed E-state index contributed by atoms with van der Waals surface area (Å²) >= 11 is 1.63. The molecule has 1 fully saturated rings. The molecule has 3 rings (SSSR count). The highest BCUT2D eigenvalue weighted by atomic mass is 32.2. The van der Waals surface area contributed by atoms with E-state index in [2.05, 4.69) is 40.1 Å². The Labute approximate surface area is 131 Å². The predicted molar refractivity (Wildman–Crippen MR) is 89.4 cm³/mol. The van der Waals surface area contributed by atoms with Gasteiger partial charge in [0.15, 0.2) is 0 Å². The monoisotopic (exact) mass is 324 g/mol. The summed E-state index contributed by atoms with van der Waals surface area (Å²) in [5, 5.41) is 6.58. The van der Waals surface area contributed by atoms with Gasteiger partial charge in [0.25, 0.3) is 0 Å². The number of fused-ring (bicyclic) bond motifs is 1. The third-order valence-electron chi connectivity index (χ3n) is 3.98. The number of hydrogen-bond acceptors (Lipinski definition) is 6. The van der Waals surface area contributed by atoms with Crippen LogP contribution in [0.25, 0.3) is 10.2 Å². The largest absolute Gasteiger partial charge is 0.368 e. The number of nitrogens with one attached hydrogen (secondary N) is 1. The van der Waals surface area contributed by atoms with E-state index in [1.165, 1.54) is 0 Å². The van der Waals surface area contributed by atoms with Crippen LogP contribution in [-0.2, 0) is 10.8 Å². The topological polar surface area (TPSA) is 58.1 Å². The number of thiophene rings is 1. The molecule has 1 N–H and O–H groups in total. The summed E-state index contributed by atoms with van der Waals surface area (Å²) in [6.45, 7) is 7.06. The van der Waals surface area contributed by atoms with E-state index in [4.69, 9.17) is 0 Å². The van der Waals surface area contributed by atoms with E-state index >= 15 is 0 Å². The molecule has 0 aliphatic carbocycles. The fourth-order valence-electron chi connectivity index (χ4n) is 2.59. The summed E-state index contributed by atoms with van der Waals surface area (Å²) in [6.07, 6.45) is 1.61. The van der Waals surface area contributed by atoms with Crippen LogP contribution in [0.1, 0.15) is 13.8 Å². The van der Waals surface area contributed by atoms with Crippen LogP contribution in [-0.4, -0.2) is 55.8 Å². The van der Waals surface area contributed by atoms with Gasteiger partial charge in [-0.25, -0.2) is 9.97 Å². The zero-order valence-corrected chi connectivity index (χ0v) is 14.0. The first-order valence-corrected chi connectivity index (χ1v) is 9.45. The molecule has 0 aromatic carbocycles. The Morgan fingerprint density at radius 1 is 1.38 bits per heavy atom. The standard InChI is InChI=1S/C14H20N4OS2/c1-14(2,18-4-7-21(19)8-5-18)9-15-12-11-3-6-20-13(11)17-10-16-12/h3,6,10H,4-5,7-9H2,1-2H3,(H,15,16,17). The highest BCUT2D eigenvalue weighted by molar-refractivity contribution is 7.85. The van der Waals surface area contributed by atoms with Crippen LogP contribution in [0.15, 0.2) is 17.8 Å². The Bertz CT molecular complexity index is 645. The van der Waals surface area contributed by atoms with Gasteiger partial charge < -0.3 is 5.32 Å². The molecule has 2 aromatic heterocycles. The second-order valence-corrected chi connectivity index (χ2v) is 8.45. The Balaban J connectivity index is 1.68. The lowest BCUT2D eigenvalue weighted by molar-refractivity contribution is 0.145. The molecule has 1 aliphatic heterocycles. The molecule has 0 saturated carbocycles. The number of nitrogens with zero attached hydrogens (tertiary/aromatic N) is 3. The summed E-state index contributed by atoms with van der Waals surface area (Å²) < 4.78 is 11.5. The Morgan fingerprint density at radius 2 is 2.14 bits per heavy atom. The summed E-state index contributed by atoms with van der Waals surface area (Å²) in [6, 6.07) is 2.05. The van der Waals surface area contributed by atoms with Gasteiger partial charge in [-0.3, -0.25) is 9.11 Å². The average molecular weight is 324 g/mol. The molecule has 7 heteroatoms. The van der Waals surface area contributed by atoms with E-state index in [1.54, 1.807) is 17.7 Å². The molecule has 0 radical (unpaired) electrons. The van der Waals surface area contributed by atoms with Crippen molar-refractivity contribution in [1.29, 1.82) is 0 Å². The molecule has 0 atom stereocenters. The summed E-state index contributed by atoms with van der Waals surface area (Å²) in [4.78, 5) is 12.0. The summed E-state index contributed by atoms with van der Waals surface area (Å²) in [5.41, 5.74) is 0.0118. The second-order valence-electron chi connectivity index (χ2n) is 5.86. The van der Waals surface area contributed by atoms with Gasteiger partial charge in [-0.05, 0) is 25.3 Å². The average Bonchev–Trinajstić information content (AvgIpc) is 2.94. The third kappa shape index (κ3) is 3.25. The lowest BCUT2D eigenvalue weighted by Gasteiger charge is -2.40. The Hall–Kier alpha value is -1.05. The predicted octanol–water partition coefficient (Wildman–Crippen LogP) is 1.95. The van der Waals surface area contributed by atoms with Crippen molar-refractivity contribution in [1.82, 2.24) is 14.9 Å². The van der Waals surface area contributed by atoms with Gasteiger partial charge in [-0.2, -0.15) is 0 Å². The molecule has 0 unspecified atom stereocenters. The SMILES string of the molecule is CC(C)(CNc1ncnc2sccc12)N1CCS(=O)CC1. The van der Waals surface area contributed by atoms with Gasteiger partial charge in [-0.15, -0.1) is 11.3 Å². The highest BCUT2D eigenvalue weighted by Gasteiger charge is 2.29. The van der Waals surface area contributed by atoms with E-state index in [-0.39, 0.29) is 5.54 Å². The third-order valence-corrected chi connectivity index (χ3v) is 6.08. The second kappa shape index (κ2) is 5.98. The first-order valence-electron chi connectivity index (χ1n) is 7.08. The zero-order valence-electron chi connectivity index (χ0n) is 12.3. The molecule has 5 nitrogen and oxygen atoms in total. The van der Waals surface area contributed by atoms with Gasteiger partial charge in [-0.1, -0.05) is 0 Å². The zero-order chi connectivity index (χ0) is 14.9. The van der Waals surface area contributed by atoms with Gasteiger partial charge in [0.2, 0.25) is 0 Å². The normalized spacial score (nSPS) is 18.2. The molecule has 0 bridgehead atoms. The molecular formula is C14H20N4OS2. The van der Waals surface area contributed by atoms with Crippen molar-refractivity contribution in [2.45, 2.75) is 19.4 Å². The van der Waals surface area contributed by atoms with Gasteiger partial charge in [0.05, 0.1) is 5.39 Å². The molecule has 3 heterocycles. The number of rotatable bonds is 4. The van der Waals surface area contributed by atoms with Crippen LogP contribution in [0, 0.1) is 0 Å². The summed E-state index contributed by atoms with van der Waals surface area (Å²) in [5.74, 6) is 2.46. The van der Waals surface area contributed by atoms with Crippen molar-refractivity contribution in [3.63, 3.8) is 0 Å². The lowest BCUT2D eigenvalue weighted by Crippen LogP contribution is -2.53. The van der Waals surface area contributed by atoms with Crippen LogP contribution < -0.4 is 5.32 Å². The maximum Gasteiger partial charge on any atom is 0.138 e. The van der Waals surface area contributed by atoms with Crippen molar-refractivity contribution in [2.24, 2.45) is 0 Å². The fourth-order valence-corrected chi connectivity index (χ4v) is 4.37. The minimum atomic E-state index is -0.630. The number of aromatic nitrogens is 2. The van der Waals surface area contributed by atoms with E-state index in [0.717, 1.165) is 47.2 Å². The van der Waals surface area contributed by atoms with Crippen LogP contribution >= 0.6 is 11.3 Å². The maximum atomic E-state index is 11.5. The first kappa shape index (κ1) is 14.9. The molecule has 1 saturated heterocycles. The summed E-state index contributed by atoms with van der Waals surface area (Å²) in [7, 11) is -0.630. The van der Waals surface area contributed by atoms with E-state index in [0.29, 0.717) is 0 Å². The van der Waals surface area contributed by atoms with Crippen molar-refractivity contribution < 1.29 is 4.21 Å². The molecule has 114 valence electrons. The highest BCUT2D eigenvalue weighted by Crippen LogP contribution is 2.25. The first-order chi connectivity index (χ1) is 10.1. The smallest absolute Gasteiger partial charge is 0.138 e. The van der Waals surface area contributed by atoms with Crippen LogP contribution in [0.5, 0.6) is 0 Å². The quantitative estimate of drug-likeness (QED) is 0.931. The fraction of sp³-hybridized carbons (Fsp3) is 0.571. The number of anilines is 1. The number of hydrogen-bond donors (Lipinski definition) is 1. The van der Waals surface area contributed by atoms with E-state index in [1.807, 2.05) is 5.38 Å². The molecule has 0 spiro atoms. The van der Waals surface area contributed by atoms with E-state index in [9.17, 15) is 4.21 Å². The Kier molecular flexibility index (Phi) is 4.24. The van der Waals surface area contributed by atoms with Crippen LogP contribution in [0.4, 0.5) is 5.82 Å². The molecular weight excluding hydrogens is 304 g/mol. The lowest BCUT2D eigenvalue weighted by atomic mass is 10.0. The van der Waals surface area contributed by atoms with Crippen molar-refractivity contribution >= 4 is 38.2 Å². The van der Waals surface area contributed by atoms with Crippen LogP contribution in [0.3, 0.4) is 0 Å². The van der Waals surface area contributed by atoms with Crippen molar-refractivity contribution in [3.05, 3.63) is 17.8 Å². The van der Waals surface area contributed by atoms with Crippen LogP contribution in [0.2, 0.25) is 0 Å². The van der Waals surface area contributed by atoms with Gasteiger partial charge in [0, 0.05) is 47.5 Å². The molecule has 2 aromatic rings. The minimum Gasteiger partial charge on any atom is -0.368 e. The molecule has 0 amide bonds. The van der Waals surface area contributed by atoms with Crippen molar-refractivity contribution in [3.8, 4) is 0 Å². The molecule has 21 heavy (non-hydrogen) atoms. The minimum absolute atomic E-state index is 0.0118. The Morgan fingerprint density at radius 3 is 2.90 bits per heavy atom. The van der Waals surface area contributed by atoms with Gasteiger partial charge in [0.1, 0.15) is 17.0 Å².